The Morgan fingerprint density at radius 1 is 1.02 bits per heavy atom. The Balaban J connectivity index is 1.68. The molecule has 2 aromatic carbocycles. The van der Waals surface area contributed by atoms with Gasteiger partial charge in [0.1, 0.15) is 23.7 Å². The molecule has 1 aliphatic heterocycles. The van der Waals surface area contributed by atoms with E-state index in [1.165, 1.54) is 19.2 Å². The zero-order chi connectivity index (χ0) is 29.6. The summed E-state index contributed by atoms with van der Waals surface area (Å²) in [6.07, 6.45) is -0.366. The Kier molecular flexibility index (Phi) is 9.74. The van der Waals surface area contributed by atoms with E-state index in [1.54, 1.807) is 57.2 Å². The van der Waals surface area contributed by atoms with Gasteiger partial charge in [-0.05, 0) is 63.4 Å². The van der Waals surface area contributed by atoms with Crippen LogP contribution in [0, 0.1) is 5.82 Å². The average Bonchev–Trinajstić information content (AvgIpc) is 2.89. The van der Waals surface area contributed by atoms with Gasteiger partial charge >= 0.3 is 16.3 Å². The van der Waals surface area contributed by atoms with Crippen LogP contribution in [0.25, 0.3) is 0 Å². The van der Waals surface area contributed by atoms with Crippen LogP contribution in [0.2, 0.25) is 0 Å². The quantitative estimate of drug-likeness (QED) is 0.415. The van der Waals surface area contributed by atoms with Crippen LogP contribution in [-0.2, 0) is 25.2 Å². The first kappa shape index (κ1) is 30.8. The second-order valence-corrected chi connectivity index (χ2v) is 12.1. The van der Waals surface area contributed by atoms with Gasteiger partial charge in [0.2, 0.25) is 0 Å². The van der Waals surface area contributed by atoms with Crippen molar-refractivity contribution in [3.63, 3.8) is 0 Å². The van der Waals surface area contributed by atoms with Gasteiger partial charge in [-0.25, -0.2) is 13.9 Å². The minimum Gasteiger partial charge on any atom is -0.496 e. The third-order valence-corrected chi connectivity index (χ3v) is 7.96. The minimum absolute atomic E-state index is 0.00312. The van der Waals surface area contributed by atoms with Crippen molar-refractivity contribution in [1.29, 1.82) is 0 Å². The lowest BCUT2D eigenvalue weighted by Gasteiger charge is -2.41. The first-order valence-electron chi connectivity index (χ1n) is 12.7. The predicted molar refractivity (Wildman–Crippen MR) is 146 cm³/mol. The summed E-state index contributed by atoms with van der Waals surface area (Å²) < 4.78 is 53.4. The van der Waals surface area contributed by atoms with Crippen LogP contribution in [0.4, 0.5) is 9.18 Å². The minimum atomic E-state index is -4.23. The molecule has 0 bridgehead atoms. The number of hydrogen-bond acceptors (Lipinski definition) is 7. The molecule has 40 heavy (non-hydrogen) atoms. The Morgan fingerprint density at radius 2 is 1.70 bits per heavy atom. The highest BCUT2D eigenvalue weighted by Crippen LogP contribution is 2.36. The molecule has 0 saturated carbocycles. The number of nitrogens with one attached hydrogen (secondary N) is 3. The molecule has 3 amide bonds. The van der Waals surface area contributed by atoms with Crippen LogP contribution in [0.5, 0.6) is 5.75 Å². The van der Waals surface area contributed by atoms with Crippen molar-refractivity contribution < 1.29 is 36.7 Å². The van der Waals surface area contributed by atoms with E-state index in [2.05, 4.69) is 10.6 Å². The van der Waals surface area contributed by atoms with E-state index in [0.29, 0.717) is 16.9 Å². The summed E-state index contributed by atoms with van der Waals surface area (Å²) in [6.45, 7) is 4.49. The van der Waals surface area contributed by atoms with Crippen LogP contribution < -0.4 is 20.1 Å². The molecule has 0 atom stereocenters. The van der Waals surface area contributed by atoms with Crippen molar-refractivity contribution in [2.45, 2.75) is 44.6 Å². The number of piperidine rings is 1. The molecule has 11 nitrogen and oxygen atoms in total. The summed E-state index contributed by atoms with van der Waals surface area (Å²) in [5.41, 5.74) is -0.590. The summed E-state index contributed by atoms with van der Waals surface area (Å²) in [4.78, 5) is 37.0. The maximum Gasteiger partial charge on any atom is 0.408 e. The lowest BCUT2D eigenvalue weighted by molar-refractivity contribution is -0.118. The van der Waals surface area contributed by atoms with Crippen molar-refractivity contribution in [3.05, 3.63) is 65.5 Å². The molecule has 218 valence electrons. The zero-order valence-electron chi connectivity index (χ0n) is 23.0. The molecule has 0 aliphatic carbocycles. The van der Waals surface area contributed by atoms with E-state index < -0.39 is 45.6 Å². The molecule has 3 N–H and O–H groups in total. The standard InChI is InChI=1S/C27H35FN4O7S/c1-26(2,3)39-25(35)29-17-23(33)31-40(36,37)32-14-12-27(13-15-32,19-8-7-9-20(28)16-19)18-30-24(34)21-10-5-6-11-22(21)38-4/h5-11,16H,12-15,17-18H2,1-4H3,(H,29,35)(H,30,34)(H,31,33). The van der Waals surface area contributed by atoms with Gasteiger partial charge in [0.15, 0.2) is 0 Å². The highest BCUT2D eigenvalue weighted by atomic mass is 32.2. The van der Waals surface area contributed by atoms with Crippen molar-refractivity contribution in [1.82, 2.24) is 19.7 Å². The van der Waals surface area contributed by atoms with Crippen LogP contribution >= 0.6 is 0 Å². The number of carbonyl (C=O) groups excluding carboxylic acids is 3. The number of amides is 3. The van der Waals surface area contributed by atoms with Crippen molar-refractivity contribution in [2.75, 3.05) is 33.3 Å². The molecule has 0 spiro atoms. The SMILES string of the molecule is COc1ccccc1C(=O)NCC1(c2cccc(F)c2)CCN(S(=O)(=O)NC(=O)CNC(=O)OC(C)(C)C)CC1. The second kappa shape index (κ2) is 12.6. The van der Waals surface area contributed by atoms with Crippen LogP contribution in [0.3, 0.4) is 0 Å². The maximum atomic E-state index is 14.2. The number of alkyl carbamates (subject to hydrolysis) is 1. The summed E-state index contributed by atoms with van der Waals surface area (Å²) in [5, 5.41) is 5.11. The summed E-state index contributed by atoms with van der Waals surface area (Å²) >= 11 is 0. The Labute approximate surface area is 233 Å². The molecule has 1 fully saturated rings. The number of ether oxygens (including phenoxy) is 2. The van der Waals surface area contributed by atoms with Gasteiger partial charge in [0, 0.05) is 25.0 Å². The maximum absolute atomic E-state index is 14.2. The van der Waals surface area contributed by atoms with Crippen molar-refractivity contribution in [2.24, 2.45) is 0 Å². The normalized spacial score (nSPS) is 15.5. The highest BCUT2D eigenvalue weighted by Gasteiger charge is 2.40. The van der Waals surface area contributed by atoms with Gasteiger partial charge in [0.05, 0.1) is 12.7 Å². The Hall–Kier alpha value is -3.71. The molecular formula is C27H35FN4O7S. The number of methoxy groups -OCH3 is 1. The van der Waals surface area contributed by atoms with Gasteiger partial charge in [-0.1, -0.05) is 24.3 Å². The summed E-state index contributed by atoms with van der Waals surface area (Å²) in [5.74, 6) is -1.37. The molecular weight excluding hydrogens is 543 g/mol. The number of hydrogen-bond donors (Lipinski definition) is 3. The smallest absolute Gasteiger partial charge is 0.408 e. The molecule has 3 rings (SSSR count). The second-order valence-electron chi connectivity index (χ2n) is 10.5. The Morgan fingerprint density at radius 3 is 2.33 bits per heavy atom. The van der Waals surface area contributed by atoms with Gasteiger partial charge < -0.3 is 20.1 Å². The molecule has 13 heteroatoms. The van der Waals surface area contributed by atoms with Gasteiger partial charge in [0.25, 0.3) is 11.8 Å². The summed E-state index contributed by atoms with van der Waals surface area (Å²) in [6, 6.07) is 12.7. The number of para-hydroxylation sites is 1. The number of benzene rings is 2. The number of rotatable bonds is 9. The first-order chi connectivity index (χ1) is 18.7. The molecule has 0 aromatic heterocycles. The number of nitrogens with zero attached hydrogens (tertiary/aromatic N) is 1. The third kappa shape index (κ3) is 8.15. The molecule has 1 saturated heterocycles. The van der Waals surface area contributed by atoms with E-state index in [-0.39, 0.29) is 38.4 Å². The Bertz CT molecular complexity index is 1340. The van der Waals surface area contributed by atoms with Gasteiger partial charge in [-0.2, -0.15) is 12.7 Å². The molecule has 1 heterocycles. The van der Waals surface area contributed by atoms with E-state index >= 15 is 0 Å². The zero-order valence-corrected chi connectivity index (χ0v) is 23.8. The summed E-state index contributed by atoms with van der Waals surface area (Å²) in [7, 11) is -2.76. The largest absolute Gasteiger partial charge is 0.496 e. The fourth-order valence-electron chi connectivity index (χ4n) is 4.43. The number of halogens is 1. The average molecular weight is 579 g/mol. The van der Waals surface area contributed by atoms with Crippen molar-refractivity contribution >= 4 is 28.1 Å². The molecule has 1 aliphatic rings. The molecule has 0 radical (unpaired) electrons. The highest BCUT2D eigenvalue weighted by molar-refractivity contribution is 7.87. The topological polar surface area (TPSA) is 143 Å². The van der Waals surface area contributed by atoms with E-state index in [1.807, 2.05) is 4.72 Å². The van der Waals surface area contributed by atoms with Crippen LogP contribution in [0.1, 0.15) is 49.5 Å². The van der Waals surface area contributed by atoms with E-state index in [4.69, 9.17) is 9.47 Å². The van der Waals surface area contributed by atoms with Gasteiger partial charge in [-0.15, -0.1) is 0 Å². The fraction of sp³-hybridized carbons (Fsp3) is 0.444. The van der Waals surface area contributed by atoms with E-state index in [0.717, 1.165) is 4.31 Å². The van der Waals surface area contributed by atoms with Gasteiger partial charge in [-0.3, -0.25) is 9.59 Å². The predicted octanol–water partition coefficient (Wildman–Crippen LogP) is 2.48. The van der Waals surface area contributed by atoms with Crippen LogP contribution in [0.15, 0.2) is 48.5 Å². The first-order valence-corrected chi connectivity index (χ1v) is 14.1. The molecule has 2 aromatic rings. The third-order valence-electron chi connectivity index (χ3n) is 6.43. The molecule has 0 unspecified atom stereocenters. The van der Waals surface area contributed by atoms with E-state index in [9.17, 15) is 27.2 Å². The lowest BCUT2D eigenvalue weighted by Crippen LogP contribution is -2.54. The van der Waals surface area contributed by atoms with Crippen LogP contribution in [-0.4, -0.2) is 69.5 Å². The van der Waals surface area contributed by atoms with Crippen molar-refractivity contribution in [3.8, 4) is 5.75 Å². The fourth-order valence-corrected chi connectivity index (χ4v) is 5.58. The number of carbonyl (C=O) groups is 3. The lowest BCUT2D eigenvalue weighted by atomic mass is 9.73. The monoisotopic (exact) mass is 578 g/mol.